The SMILES string of the molecule is Cc1cc(COc2ccccn2)c2cccc(O)c2n1. The highest BCUT2D eigenvalue weighted by Crippen LogP contribution is 2.26. The predicted octanol–water partition coefficient (Wildman–Crippen LogP) is 3.22. The quantitative estimate of drug-likeness (QED) is 0.790. The van der Waals surface area contributed by atoms with E-state index in [4.69, 9.17) is 4.74 Å². The van der Waals surface area contributed by atoms with Gasteiger partial charge in [0.25, 0.3) is 0 Å². The number of phenolic OH excluding ortho intramolecular Hbond substituents is 1. The predicted molar refractivity (Wildman–Crippen MR) is 76.7 cm³/mol. The highest BCUT2D eigenvalue weighted by molar-refractivity contribution is 5.87. The number of phenols is 1. The van der Waals surface area contributed by atoms with Crippen LogP contribution >= 0.6 is 0 Å². The van der Waals surface area contributed by atoms with Gasteiger partial charge in [-0.05, 0) is 25.1 Å². The topological polar surface area (TPSA) is 55.2 Å². The van der Waals surface area contributed by atoms with Gasteiger partial charge in [0, 0.05) is 28.9 Å². The van der Waals surface area contributed by atoms with Gasteiger partial charge >= 0.3 is 0 Å². The van der Waals surface area contributed by atoms with Crippen LogP contribution < -0.4 is 4.74 Å². The van der Waals surface area contributed by atoms with Crippen LogP contribution in [0.15, 0.2) is 48.7 Å². The van der Waals surface area contributed by atoms with Crippen LogP contribution in [0.3, 0.4) is 0 Å². The Morgan fingerprint density at radius 3 is 2.85 bits per heavy atom. The summed E-state index contributed by atoms with van der Waals surface area (Å²) >= 11 is 0. The van der Waals surface area contributed by atoms with Crippen molar-refractivity contribution < 1.29 is 9.84 Å². The summed E-state index contributed by atoms with van der Waals surface area (Å²) in [5.74, 6) is 0.764. The zero-order valence-corrected chi connectivity index (χ0v) is 11.1. The minimum atomic E-state index is 0.185. The van der Waals surface area contributed by atoms with Crippen molar-refractivity contribution in [1.29, 1.82) is 0 Å². The highest BCUT2D eigenvalue weighted by atomic mass is 16.5. The first-order chi connectivity index (χ1) is 9.74. The van der Waals surface area contributed by atoms with Gasteiger partial charge in [-0.3, -0.25) is 0 Å². The Morgan fingerprint density at radius 1 is 1.15 bits per heavy atom. The molecule has 0 aliphatic rings. The normalized spacial score (nSPS) is 10.7. The van der Waals surface area contributed by atoms with Crippen molar-refractivity contribution in [3.05, 3.63) is 59.9 Å². The number of fused-ring (bicyclic) bond motifs is 1. The number of pyridine rings is 2. The fraction of sp³-hybridized carbons (Fsp3) is 0.125. The van der Waals surface area contributed by atoms with Crippen molar-refractivity contribution in [1.82, 2.24) is 9.97 Å². The summed E-state index contributed by atoms with van der Waals surface area (Å²) < 4.78 is 5.67. The monoisotopic (exact) mass is 266 g/mol. The van der Waals surface area contributed by atoms with Crippen molar-refractivity contribution in [3.8, 4) is 11.6 Å². The van der Waals surface area contributed by atoms with E-state index in [1.54, 1.807) is 18.3 Å². The van der Waals surface area contributed by atoms with E-state index in [-0.39, 0.29) is 5.75 Å². The van der Waals surface area contributed by atoms with E-state index in [2.05, 4.69) is 9.97 Å². The molecule has 2 heterocycles. The van der Waals surface area contributed by atoms with Crippen LogP contribution in [-0.4, -0.2) is 15.1 Å². The van der Waals surface area contributed by atoms with E-state index < -0.39 is 0 Å². The van der Waals surface area contributed by atoms with Gasteiger partial charge in [0.1, 0.15) is 17.9 Å². The molecule has 0 unspecified atom stereocenters. The van der Waals surface area contributed by atoms with Crippen molar-refractivity contribution in [2.45, 2.75) is 13.5 Å². The number of benzene rings is 1. The molecule has 3 aromatic rings. The summed E-state index contributed by atoms with van der Waals surface area (Å²) in [4.78, 5) is 8.50. The standard InChI is InChI=1S/C16H14N2O2/c1-11-9-12(10-20-15-7-2-3-8-17-15)13-5-4-6-14(19)16(13)18-11/h2-9,19H,10H2,1H3. The molecule has 0 bridgehead atoms. The number of aromatic hydroxyl groups is 1. The molecule has 1 aromatic carbocycles. The van der Waals surface area contributed by atoms with Crippen LogP contribution in [0.25, 0.3) is 10.9 Å². The second-order valence-corrected chi connectivity index (χ2v) is 4.55. The zero-order chi connectivity index (χ0) is 13.9. The molecule has 0 saturated heterocycles. The molecular formula is C16H14N2O2. The average Bonchev–Trinajstić information content (AvgIpc) is 2.47. The summed E-state index contributed by atoms with van der Waals surface area (Å²) in [6, 6.07) is 12.9. The second-order valence-electron chi connectivity index (χ2n) is 4.55. The first-order valence-electron chi connectivity index (χ1n) is 6.36. The summed E-state index contributed by atoms with van der Waals surface area (Å²) in [5, 5.41) is 10.8. The number of hydrogen-bond acceptors (Lipinski definition) is 4. The molecule has 0 amide bonds. The lowest BCUT2D eigenvalue weighted by atomic mass is 10.1. The maximum atomic E-state index is 9.89. The molecule has 1 N–H and O–H groups in total. The lowest BCUT2D eigenvalue weighted by molar-refractivity contribution is 0.295. The molecule has 0 saturated carbocycles. The first kappa shape index (κ1) is 12.4. The number of aromatic nitrogens is 2. The molecule has 0 atom stereocenters. The third kappa shape index (κ3) is 2.40. The van der Waals surface area contributed by atoms with Crippen LogP contribution in [0.2, 0.25) is 0 Å². The molecule has 4 nitrogen and oxygen atoms in total. The highest BCUT2D eigenvalue weighted by Gasteiger charge is 2.08. The average molecular weight is 266 g/mol. The Hall–Kier alpha value is -2.62. The summed E-state index contributed by atoms with van der Waals surface area (Å²) in [7, 11) is 0. The van der Waals surface area contributed by atoms with Crippen LogP contribution in [-0.2, 0) is 6.61 Å². The lowest BCUT2D eigenvalue weighted by Crippen LogP contribution is -1.99. The van der Waals surface area contributed by atoms with Gasteiger partial charge in [-0.2, -0.15) is 0 Å². The van der Waals surface area contributed by atoms with Gasteiger partial charge in [-0.25, -0.2) is 9.97 Å². The van der Waals surface area contributed by atoms with E-state index >= 15 is 0 Å². The number of nitrogens with zero attached hydrogens (tertiary/aromatic N) is 2. The van der Waals surface area contributed by atoms with Crippen LogP contribution in [0.4, 0.5) is 0 Å². The Balaban J connectivity index is 1.97. The Kier molecular flexibility index (Phi) is 3.21. The number of para-hydroxylation sites is 1. The fourth-order valence-electron chi connectivity index (χ4n) is 2.15. The largest absolute Gasteiger partial charge is 0.506 e. The van der Waals surface area contributed by atoms with Crippen molar-refractivity contribution in [2.75, 3.05) is 0 Å². The molecule has 0 aliphatic heterocycles. The van der Waals surface area contributed by atoms with Crippen LogP contribution in [0.1, 0.15) is 11.3 Å². The smallest absolute Gasteiger partial charge is 0.213 e. The van der Waals surface area contributed by atoms with E-state index in [9.17, 15) is 5.11 Å². The Bertz CT molecular complexity index is 742. The Labute approximate surface area is 116 Å². The van der Waals surface area contributed by atoms with E-state index in [0.29, 0.717) is 18.0 Å². The van der Waals surface area contributed by atoms with Gasteiger partial charge < -0.3 is 9.84 Å². The molecule has 0 fully saturated rings. The number of hydrogen-bond donors (Lipinski definition) is 1. The fourth-order valence-corrected chi connectivity index (χ4v) is 2.15. The summed E-state index contributed by atoms with van der Waals surface area (Å²) in [6.07, 6.45) is 1.69. The number of aryl methyl sites for hydroxylation is 1. The minimum Gasteiger partial charge on any atom is -0.506 e. The van der Waals surface area contributed by atoms with Gasteiger partial charge in [0.05, 0.1) is 0 Å². The molecule has 4 heteroatoms. The molecule has 2 aromatic heterocycles. The third-order valence-electron chi connectivity index (χ3n) is 3.05. The van der Waals surface area contributed by atoms with Crippen molar-refractivity contribution >= 4 is 10.9 Å². The summed E-state index contributed by atoms with van der Waals surface area (Å²) in [6.45, 7) is 2.29. The minimum absolute atomic E-state index is 0.185. The molecule has 20 heavy (non-hydrogen) atoms. The van der Waals surface area contributed by atoms with E-state index in [1.807, 2.05) is 37.3 Å². The van der Waals surface area contributed by atoms with E-state index in [1.165, 1.54) is 0 Å². The summed E-state index contributed by atoms with van der Waals surface area (Å²) in [5.41, 5.74) is 2.43. The Morgan fingerprint density at radius 2 is 2.05 bits per heavy atom. The second kappa shape index (κ2) is 5.17. The van der Waals surface area contributed by atoms with Gasteiger partial charge in [-0.15, -0.1) is 0 Å². The number of rotatable bonds is 3. The number of ether oxygens (including phenoxy) is 1. The van der Waals surface area contributed by atoms with Gasteiger partial charge in [0.2, 0.25) is 5.88 Å². The molecule has 0 aliphatic carbocycles. The van der Waals surface area contributed by atoms with Crippen molar-refractivity contribution in [3.63, 3.8) is 0 Å². The maximum absolute atomic E-state index is 9.89. The lowest BCUT2D eigenvalue weighted by Gasteiger charge is -2.10. The molecular weight excluding hydrogens is 252 g/mol. The van der Waals surface area contributed by atoms with Gasteiger partial charge in [-0.1, -0.05) is 18.2 Å². The van der Waals surface area contributed by atoms with Crippen LogP contribution in [0.5, 0.6) is 11.6 Å². The molecule has 0 spiro atoms. The van der Waals surface area contributed by atoms with E-state index in [0.717, 1.165) is 16.6 Å². The van der Waals surface area contributed by atoms with Crippen LogP contribution in [0, 0.1) is 6.92 Å². The maximum Gasteiger partial charge on any atom is 0.213 e. The zero-order valence-electron chi connectivity index (χ0n) is 11.1. The third-order valence-corrected chi connectivity index (χ3v) is 3.05. The van der Waals surface area contributed by atoms with Crippen molar-refractivity contribution in [2.24, 2.45) is 0 Å². The molecule has 100 valence electrons. The first-order valence-corrected chi connectivity index (χ1v) is 6.36. The molecule has 3 rings (SSSR count). The molecule has 0 radical (unpaired) electrons. The van der Waals surface area contributed by atoms with Gasteiger partial charge in [0.15, 0.2) is 0 Å².